The average molecular weight is 538 g/mol. The molecule has 0 bridgehead atoms. The molecule has 0 aromatic heterocycles. The molecule has 2 aromatic carbocycles. The third-order valence-corrected chi connectivity index (χ3v) is 8.53. The van der Waals surface area contributed by atoms with Gasteiger partial charge in [-0.15, -0.1) is 11.8 Å². The number of alkyl halides is 3. The van der Waals surface area contributed by atoms with Gasteiger partial charge in [0.1, 0.15) is 4.90 Å². The lowest BCUT2D eigenvalue weighted by atomic mass is 10.2. The van der Waals surface area contributed by atoms with Crippen LogP contribution in [0.5, 0.6) is 0 Å². The van der Waals surface area contributed by atoms with E-state index in [9.17, 15) is 30.4 Å². The summed E-state index contributed by atoms with van der Waals surface area (Å²) in [5.41, 5.74) is -5.86. The van der Waals surface area contributed by atoms with Gasteiger partial charge in [-0.25, -0.2) is 8.42 Å². The lowest BCUT2D eigenvalue weighted by Crippen LogP contribution is -2.39. The maximum atomic E-state index is 13.3. The molecule has 1 N–H and O–H groups in total. The Balaban J connectivity index is 1.87. The molecule has 1 aliphatic heterocycles. The second-order valence-corrected chi connectivity index (χ2v) is 11.5. The highest BCUT2D eigenvalue weighted by Gasteiger charge is 2.48. The number of hydrogen-bond donors (Lipinski definition) is 1. The van der Waals surface area contributed by atoms with Gasteiger partial charge in [-0.2, -0.15) is 13.2 Å². The van der Waals surface area contributed by atoms with Crippen LogP contribution < -0.4 is 5.32 Å². The van der Waals surface area contributed by atoms with E-state index in [2.05, 4.69) is 10.2 Å². The zero-order valence-corrected chi connectivity index (χ0v) is 20.4. The Hall–Kier alpha value is -1.64. The second kappa shape index (κ2) is 11.9. The highest BCUT2D eigenvalue weighted by Crippen LogP contribution is 2.36. The fourth-order valence-electron chi connectivity index (χ4n) is 3.37. The number of nitrogens with zero attached hydrogens (tertiary/aromatic N) is 1. The molecular formula is C21H24F3N2O5S3-. The van der Waals surface area contributed by atoms with Crippen molar-refractivity contribution >= 4 is 38.4 Å². The highest BCUT2D eigenvalue weighted by atomic mass is 32.2. The molecule has 0 radical (unpaired) electrons. The lowest BCUT2D eigenvalue weighted by Gasteiger charge is -2.29. The predicted molar refractivity (Wildman–Crippen MR) is 123 cm³/mol. The number of halogens is 3. The average Bonchev–Trinajstić information content (AvgIpc) is 2.81. The zero-order chi connectivity index (χ0) is 24.8. The molecule has 3 rings (SSSR count). The van der Waals surface area contributed by atoms with Crippen LogP contribution >= 0.6 is 11.8 Å². The Morgan fingerprint density at radius 1 is 1.15 bits per heavy atom. The standard InChI is InChI=1S/C21H25F3N2O5S3/c22-21(23,24)34(29,30)20-14-18(33(27)28)6-7-19(20)25-16(8-9-26-10-12-31-13-11-26)15-32-17-4-2-1-3-5-17/h1-7,14,16,25H,8-13,15H2,(H,27,28)/p-1. The van der Waals surface area contributed by atoms with E-state index in [1.807, 2.05) is 30.3 Å². The van der Waals surface area contributed by atoms with E-state index in [1.165, 1.54) is 11.8 Å². The van der Waals surface area contributed by atoms with Crippen molar-refractivity contribution in [1.29, 1.82) is 0 Å². The van der Waals surface area contributed by atoms with Gasteiger partial charge in [0.15, 0.2) is 0 Å². The van der Waals surface area contributed by atoms with Gasteiger partial charge in [0, 0.05) is 41.2 Å². The van der Waals surface area contributed by atoms with Gasteiger partial charge in [0.05, 0.1) is 18.9 Å². The summed E-state index contributed by atoms with van der Waals surface area (Å²) in [5, 5.41) is 2.94. The summed E-state index contributed by atoms with van der Waals surface area (Å²) >= 11 is -1.40. The van der Waals surface area contributed by atoms with Crippen molar-refractivity contribution in [3.8, 4) is 0 Å². The van der Waals surface area contributed by atoms with E-state index in [4.69, 9.17) is 4.74 Å². The zero-order valence-electron chi connectivity index (χ0n) is 18.0. The summed E-state index contributed by atoms with van der Waals surface area (Å²) < 4.78 is 92.4. The van der Waals surface area contributed by atoms with Crippen LogP contribution in [-0.4, -0.2) is 72.2 Å². The maximum absolute atomic E-state index is 13.3. The van der Waals surface area contributed by atoms with E-state index in [-0.39, 0.29) is 11.7 Å². The Kier molecular flexibility index (Phi) is 9.41. The van der Waals surface area contributed by atoms with E-state index in [0.717, 1.165) is 30.1 Å². The topological polar surface area (TPSA) is 98.8 Å². The van der Waals surface area contributed by atoms with Gasteiger partial charge in [-0.1, -0.05) is 18.2 Å². The molecule has 34 heavy (non-hydrogen) atoms. The van der Waals surface area contributed by atoms with Gasteiger partial charge in [-0.05, 0) is 47.8 Å². The molecule has 0 aliphatic carbocycles. The number of rotatable bonds is 10. The molecule has 1 heterocycles. The maximum Gasteiger partial charge on any atom is 0.501 e. The molecule has 2 atom stereocenters. The number of anilines is 1. The van der Waals surface area contributed by atoms with Gasteiger partial charge >= 0.3 is 5.51 Å². The minimum Gasteiger partial charge on any atom is -0.768 e. The van der Waals surface area contributed by atoms with Crippen LogP contribution in [0.4, 0.5) is 18.9 Å². The molecule has 1 saturated heterocycles. The molecule has 1 aliphatic rings. The molecule has 2 aromatic rings. The number of nitrogens with one attached hydrogen (secondary N) is 1. The van der Waals surface area contributed by atoms with Crippen molar-refractivity contribution in [2.45, 2.75) is 32.7 Å². The van der Waals surface area contributed by atoms with E-state index < -0.39 is 36.2 Å². The van der Waals surface area contributed by atoms with Crippen molar-refractivity contribution in [3.05, 3.63) is 48.5 Å². The smallest absolute Gasteiger partial charge is 0.501 e. The molecule has 7 nitrogen and oxygen atoms in total. The minimum absolute atomic E-state index is 0.285. The third kappa shape index (κ3) is 7.18. The van der Waals surface area contributed by atoms with Crippen LogP contribution in [0.1, 0.15) is 6.42 Å². The Bertz CT molecular complexity index is 1080. The quantitative estimate of drug-likeness (QED) is 0.363. The van der Waals surface area contributed by atoms with Gasteiger partial charge in [0.2, 0.25) is 0 Å². The first-order valence-corrected chi connectivity index (χ1v) is 13.9. The summed E-state index contributed by atoms with van der Waals surface area (Å²) in [7, 11) is -5.78. The van der Waals surface area contributed by atoms with Crippen LogP contribution in [0.3, 0.4) is 0 Å². The lowest BCUT2D eigenvalue weighted by molar-refractivity contribution is -0.0435. The van der Waals surface area contributed by atoms with Crippen LogP contribution in [-0.2, 0) is 25.7 Å². The normalized spacial score (nSPS) is 17.3. The predicted octanol–water partition coefficient (Wildman–Crippen LogP) is 3.51. The number of benzene rings is 2. The summed E-state index contributed by atoms with van der Waals surface area (Å²) in [6.45, 7) is 3.30. The number of hydrogen-bond acceptors (Lipinski definition) is 8. The SMILES string of the molecule is O=S([O-])c1ccc(NC(CCN2CCOCC2)CSc2ccccc2)c(S(=O)(=O)C(F)(F)F)c1. The first-order valence-electron chi connectivity index (χ1n) is 10.4. The summed E-state index contributed by atoms with van der Waals surface area (Å²) in [6.07, 6.45) is 0.528. The van der Waals surface area contributed by atoms with E-state index >= 15 is 0 Å². The van der Waals surface area contributed by atoms with Crippen LogP contribution in [0.25, 0.3) is 0 Å². The Labute approximate surface area is 203 Å². The molecule has 0 spiro atoms. The van der Waals surface area contributed by atoms with E-state index in [1.54, 1.807) is 0 Å². The van der Waals surface area contributed by atoms with Crippen LogP contribution in [0.15, 0.2) is 63.2 Å². The van der Waals surface area contributed by atoms with Crippen molar-refractivity contribution in [2.24, 2.45) is 0 Å². The molecule has 1 fully saturated rings. The summed E-state index contributed by atoms with van der Waals surface area (Å²) in [5.74, 6) is 0.453. The third-order valence-electron chi connectivity index (χ3n) is 5.19. The van der Waals surface area contributed by atoms with Crippen molar-refractivity contribution in [3.63, 3.8) is 0 Å². The molecule has 0 amide bonds. The fraction of sp³-hybridized carbons (Fsp3) is 0.429. The Morgan fingerprint density at radius 3 is 2.44 bits per heavy atom. The largest absolute Gasteiger partial charge is 0.768 e. The van der Waals surface area contributed by atoms with Crippen molar-refractivity contribution < 1.29 is 35.1 Å². The van der Waals surface area contributed by atoms with Crippen LogP contribution in [0, 0.1) is 0 Å². The minimum atomic E-state index is -5.78. The Morgan fingerprint density at radius 2 is 1.82 bits per heavy atom. The van der Waals surface area contributed by atoms with Gasteiger partial charge < -0.3 is 14.6 Å². The second-order valence-electron chi connectivity index (χ2n) is 7.55. The first kappa shape index (κ1) is 27.0. The fourth-order valence-corrected chi connectivity index (χ4v) is 5.78. The van der Waals surface area contributed by atoms with Gasteiger partial charge in [-0.3, -0.25) is 9.11 Å². The molecule has 0 saturated carbocycles. The number of morpholine rings is 1. The monoisotopic (exact) mass is 537 g/mol. The van der Waals surface area contributed by atoms with E-state index in [0.29, 0.717) is 38.0 Å². The van der Waals surface area contributed by atoms with Crippen molar-refractivity contribution in [2.75, 3.05) is 43.9 Å². The number of sulfone groups is 1. The summed E-state index contributed by atoms with van der Waals surface area (Å²) in [6, 6.07) is 11.7. The molecule has 2 unspecified atom stereocenters. The summed E-state index contributed by atoms with van der Waals surface area (Å²) in [4.78, 5) is 1.48. The molecular weight excluding hydrogens is 513 g/mol. The van der Waals surface area contributed by atoms with Crippen LogP contribution in [0.2, 0.25) is 0 Å². The highest BCUT2D eigenvalue weighted by molar-refractivity contribution is 7.99. The van der Waals surface area contributed by atoms with Crippen molar-refractivity contribution in [1.82, 2.24) is 4.90 Å². The number of thioether (sulfide) groups is 1. The molecule has 188 valence electrons. The number of ether oxygens (including phenoxy) is 1. The molecule has 13 heteroatoms. The van der Waals surface area contributed by atoms with Gasteiger partial charge in [0.25, 0.3) is 9.84 Å². The first-order chi connectivity index (χ1) is 16.1.